The number of benzene rings is 2. The Morgan fingerprint density at radius 2 is 1.82 bits per heavy atom. The molecule has 0 aliphatic carbocycles. The van der Waals surface area contributed by atoms with Gasteiger partial charge >= 0.3 is 0 Å². The van der Waals surface area contributed by atoms with Crippen molar-refractivity contribution in [1.29, 1.82) is 0 Å². The van der Waals surface area contributed by atoms with E-state index in [0.717, 1.165) is 0 Å². The van der Waals surface area contributed by atoms with Crippen LogP contribution in [0.4, 0.5) is 5.69 Å². The van der Waals surface area contributed by atoms with Crippen LogP contribution in [0.3, 0.4) is 0 Å². The summed E-state index contributed by atoms with van der Waals surface area (Å²) >= 11 is 19.6. The Bertz CT molecular complexity index is 1140. The van der Waals surface area contributed by atoms with Gasteiger partial charge in [0.2, 0.25) is 0 Å². The third kappa shape index (κ3) is 4.13. The number of thioether (sulfide) groups is 1. The molecular formula is C20H11Cl3N2O2S. The highest BCUT2D eigenvalue weighted by molar-refractivity contribution is 8.18. The molecule has 0 saturated carbocycles. The number of furan rings is 1. The third-order valence-corrected chi connectivity index (χ3v) is 5.61. The molecule has 4 rings (SSSR count). The van der Waals surface area contributed by atoms with E-state index in [0.29, 0.717) is 47.9 Å². The SMILES string of the molecule is O=C1NC(=Nc2ccccc2Cl)S/C1=C\c1ccc(-c2cc(Cl)ccc2Cl)o1. The maximum absolute atomic E-state index is 12.2. The van der Waals surface area contributed by atoms with E-state index in [1.165, 1.54) is 11.8 Å². The number of carbonyl (C=O) groups is 1. The van der Waals surface area contributed by atoms with E-state index in [1.54, 1.807) is 48.5 Å². The molecule has 1 N–H and O–H groups in total. The summed E-state index contributed by atoms with van der Waals surface area (Å²) in [6.45, 7) is 0. The fraction of sp³-hybridized carbons (Fsp3) is 0. The first kappa shape index (κ1) is 19.2. The van der Waals surface area contributed by atoms with E-state index in [-0.39, 0.29) is 5.91 Å². The molecule has 8 heteroatoms. The highest BCUT2D eigenvalue weighted by Crippen LogP contribution is 2.34. The topological polar surface area (TPSA) is 54.6 Å². The van der Waals surface area contributed by atoms with Gasteiger partial charge in [-0.25, -0.2) is 4.99 Å². The van der Waals surface area contributed by atoms with Gasteiger partial charge < -0.3 is 9.73 Å². The Labute approximate surface area is 180 Å². The molecule has 0 bridgehead atoms. The van der Waals surface area contributed by atoms with Gasteiger partial charge in [-0.05, 0) is 54.2 Å². The monoisotopic (exact) mass is 448 g/mol. The second-order valence-corrected chi connectivity index (χ2v) is 8.04. The normalized spacial score (nSPS) is 16.8. The minimum atomic E-state index is -0.255. The maximum atomic E-state index is 12.2. The van der Waals surface area contributed by atoms with Gasteiger partial charge in [-0.2, -0.15) is 0 Å². The van der Waals surface area contributed by atoms with Crippen molar-refractivity contribution in [2.45, 2.75) is 0 Å². The summed E-state index contributed by atoms with van der Waals surface area (Å²) in [5, 5.41) is 4.77. The standard InChI is InChI=1S/C20H11Cl3N2O2S/c21-11-5-7-14(22)13(9-11)17-8-6-12(27-17)10-18-19(26)25-20(28-18)24-16-4-2-1-3-15(16)23/h1-10H,(H,24,25,26)/b18-10-. The van der Waals surface area contributed by atoms with Crippen molar-refractivity contribution in [3.63, 3.8) is 0 Å². The van der Waals surface area contributed by atoms with Crippen LogP contribution >= 0.6 is 46.6 Å². The third-order valence-electron chi connectivity index (χ3n) is 3.82. The smallest absolute Gasteiger partial charge is 0.264 e. The molecule has 0 atom stereocenters. The highest BCUT2D eigenvalue weighted by atomic mass is 35.5. The summed E-state index contributed by atoms with van der Waals surface area (Å²) in [6, 6.07) is 15.8. The zero-order chi connectivity index (χ0) is 19.7. The van der Waals surface area contributed by atoms with Crippen LogP contribution in [0.25, 0.3) is 17.4 Å². The number of nitrogens with zero attached hydrogens (tertiary/aromatic N) is 1. The van der Waals surface area contributed by atoms with Crippen molar-refractivity contribution in [3.8, 4) is 11.3 Å². The number of rotatable bonds is 3. The van der Waals surface area contributed by atoms with Crippen LogP contribution in [0, 0.1) is 0 Å². The van der Waals surface area contributed by atoms with E-state index < -0.39 is 0 Å². The van der Waals surface area contributed by atoms with Gasteiger partial charge in [0.05, 0.1) is 20.6 Å². The van der Waals surface area contributed by atoms with Gasteiger partial charge in [-0.15, -0.1) is 0 Å². The second-order valence-electron chi connectivity index (χ2n) is 5.76. The number of para-hydroxylation sites is 1. The zero-order valence-corrected chi connectivity index (χ0v) is 17.2. The minimum absolute atomic E-state index is 0.255. The maximum Gasteiger partial charge on any atom is 0.264 e. The number of amidine groups is 1. The molecule has 1 aliphatic rings. The number of halogens is 3. The van der Waals surface area contributed by atoms with Crippen LogP contribution in [0.1, 0.15) is 5.76 Å². The number of hydrogen-bond acceptors (Lipinski definition) is 4. The number of amides is 1. The van der Waals surface area contributed by atoms with Gasteiger partial charge in [0.25, 0.3) is 5.91 Å². The van der Waals surface area contributed by atoms with Gasteiger partial charge in [-0.3, -0.25) is 4.79 Å². The van der Waals surface area contributed by atoms with E-state index in [9.17, 15) is 4.79 Å². The number of hydrogen-bond donors (Lipinski definition) is 1. The molecule has 3 aromatic rings. The average Bonchev–Trinajstić information content (AvgIpc) is 3.26. The zero-order valence-electron chi connectivity index (χ0n) is 14.1. The average molecular weight is 450 g/mol. The van der Waals surface area contributed by atoms with Gasteiger partial charge in [0.15, 0.2) is 5.17 Å². The molecule has 0 spiro atoms. The summed E-state index contributed by atoms with van der Waals surface area (Å²) in [6.07, 6.45) is 1.65. The lowest BCUT2D eigenvalue weighted by Gasteiger charge is -2.01. The van der Waals surface area contributed by atoms with E-state index in [4.69, 9.17) is 39.2 Å². The molecular weight excluding hydrogens is 439 g/mol. The van der Waals surface area contributed by atoms with Gasteiger partial charge in [0, 0.05) is 16.7 Å². The van der Waals surface area contributed by atoms with Crippen LogP contribution in [-0.4, -0.2) is 11.1 Å². The Hall–Kier alpha value is -2.18. The molecule has 1 amide bonds. The quantitative estimate of drug-likeness (QED) is 0.447. The van der Waals surface area contributed by atoms with Crippen molar-refractivity contribution in [2.24, 2.45) is 4.99 Å². The fourth-order valence-corrected chi connectivity index (χ4v) is 3.90. The van der Waals surface area contributed by atoms with Gasteiger partial charge in [0.1, 0.15) is 11.5 Å². The summed E-state index contributed by atoms with van der Waals surface area (Å²) < 4.78 is 5.81. The summed E-state index contributed by atoms with van der Waals surface area (Å²) in [7, 11) is 0. The molecule has 0 radical (unpaired) electrons. The Balaban J connectivity index is 1.58. The Morgan fingerprint density at radius 1 is 1.00 bits per heavy atom. The predicted molar refractivity (Wildman–Crippen MR) is 116 cm³/mol. The molecule has 4 nitrogen and oxygen atoms in total. The molecule has 1 aromatic heterocycles. The summed E-state index contributed by atoms with van der Waals surface area (Å²) in [5.41, 5.74) is 1.27. The molecule has 1 aliphatic heterocycles. The molecule has 2 aromatic carbocycles. The molecule has 1 fully saturated rings. The first-order valence-corrected chi connectivity index (χ1v) is 10.0. The van der Waals surface area contributed by atoms with Crippen LogP contribution in [0.5, 0.6) is 0 Å². The largest absolute Gasteiger partial charge is 0.457 e. The Morgan fingerprint density at radius 3 is 2.64 bits per heavy atom. The predicted octanol–water partition coefficient (Wildman–Crippen LogP) is 6.80. The van der Waals surface area contributed by atoms with Crippen molar-refractivity contribution in [3.05, 3.63) is 80.3 Å². The minimum Gasteiger partial charge on any atom is -0.457 e. The molecule has 0 unspecified atom stereocenters. The van der Waals surface area contributed by atoms with E-state index in [1.807, 2.05) is 12.1 Å². The van der Waals surface area contributed by atoms with Crippen LogP contribution in [0.2, 0.25) is 15.1 Å². The first-order valence-electron chi connectivity index (χ1n) is 8.09. The van der Waals surface area contributed by atoms with Gasteiger partial charge in [-0.1, -0.05) is 46.9 Å². The first-order chi connectivity index (χ1) is 13.5. The lowest BCUT2D eigenvalue weighted by Crippen LogP contribution is -2.19. The van der Waals surface area contributed by atoms with Crippen molar-refractivity contribution >= 4 is 69.4 Å². The van der Waals surface area contributed by atoms with E-state index >= 15 is 0 Å². The van der Waals surface area contributed by atoms with Crippen LogP contribution < -0.4 is 5.32 Å². The fourth-order valence-electron chi connectivity index (χ4n) is 2.52. The number of carbonyl (C=O) groups excluding carboxylic acids is 1. The second kappa shape index (κ2) is 8.05. The van der Waals surface area contributed by atoms with Crippen LogP contribution in [0.15, 0.2) is 68.9 Å². The highest BCUT2D eigenvalue weighted by Gasteiger charge is 2.24. The van der Waals surface area contributed by atoms with Crippen molar-refractivity contribution in [1.82, 2.24) is 5.32 Å². The van der Waals surface area contributed by atoms with Crippen molar-refractivity contribution in [2.75, 3.05) is 0 Å². The molecule has 2 heterocycles. The Kier molecular flexibility index (Phi) is 5.51. The van der Waals surface area contributed by atoms with Crippen molar-refractivity contribution < 1.29 is 9.21 Å². The van der Waals surface area contributed by atoms with E-state index in [2.05, 4.69) is 10.3 Å². The molecule has 28 heavy (non-hydrogen) atoms. The molecule has 1 saturated heterocycles. The number of nitrogens with one attached hydrogen (secondary N) is 1. The lowest BCUT2D eigenvalue weighted by molar-refractivity contribution is -0.115. The lowest BCUT2D eigenvalue weighted by atomic mass is 10.2. The van der Waals surface area contributed by atoms with Crippen LogP contribution in [-0.2, 0) is 4.79 Å². The molecule has 140 valence electrons. The summed E-state index contributed by atoms with van der Waals surface area (Å²) in [5.74, 6) is 0.824. The summed E-state index contributed by atoms with van der Waals surface area (Å²) in [4.78, 5) is 17.1. The number of aliphatic imine (C=N–C) groups is 1.